The summed E-state index contributed by atoms with van der Waals surface area (Å²) in [6, 6.07) is 4.50. The van der Waals surface area contributed by atoms with Crippen molar-refractivity contribution in [3.05, 3.63) is 53.1 Å². The van der Waals surface area contributed by atoms with Crippen LogP contribution >= 0.6 is 0 Å². The van der Waals surface area contributed by atoms with Crippen molar-refractivity contribution in [2.45, 2.75) is 31.2 Å². The van der Waals surface area contributed by atoms with Crippen molar-refractivity contribution in [3.63, 3.8) is 0 Å². The van der Waals surface area contributed by atoms with Crippen LogP contribution in [-0.2, 0) is 14.8 Å². The molecule has 0 radical (unpaired) electrons. The highest BCUT2D eigenvalue weighted by Gasteiger charge is 2.24. The molecule has 0 spiro atoms. The normalized spacial score (nSPS) is 11.6. The molecule has 2 rings (SSSR count). The lowest BCUT2D eigenvalue weighted by Crippen LogP contribution is -2.40. The van der Waals surface area contributed by atoms with Crippen molar-refractivity contribution >= 4 is 27.6 Å². The average Bonchev–Trinajstić information content (AvgIpc) is 2.67. The van der Waals surface area contributed by atoms with Gasteiger partial charge in [0, 0.05) is 17.7 Å². The van der Waals surface area contributed by atoms with Gasteiger partial charge in [0.15, 0.2) is 0 Å². The Hall–Kier alpha value is -3.21. The van der Waals surface area contributed by atoms with Crippen LogP contribution in [0.15, 0.2) is 35.2 Å². The minimum atomic E-state index is -4.39. The number of hydrogen-bond donors (Lipinski definition) is 2. The lowest BCUT2D eigenvalue weighted by atomic mass is 10.1. The van der Waals surface area contributed by atoms with E-state index in [9.17, 15) is 26.8 Å². The van der Waals surface area contributed by atoms with Crippen molar-refractivity contribution < 1.29 is 36.3 Å². The molecule has 11 heteroatoms. The summed E-state index contributed by atoms with van der Waals surface area (Å²) < 4.78 is 65.1. The third kappa shape index (κ3) is 5.69. The van der Waals surface area contributed by atoms with E-state index in [0.717, 1.165) is 19.2 Å². The number of rotatable bonds is 6. The monoisotopic (exact) mass is 456 g/mol. The summed E-state index contributed by atoms with van der Waals surface area (Å²) in [6.45, 7) is 5.33. The number of esters is 1. The SMILES string of the molecule is COC(=O)c1cc(F)c(NS(=O)(=O)c2ccc(C(=O)NC(C)(C)C)c(OC)c2)cc1F. The Balaban J connectivity index is 2.39. The van der Waals surface area contributed by atoms with Crippen LogP contribution in [0.1, 0.15) is 41.5 Å². The Morgan fingerprint density at radius 2 is 1.61 bits per heavy atom. The van der Waals surface area contributed by atoms with E-state index in [2.05, 4.69) is 10.1 Å². The second kappa shape index (κ2) is 8.88. The maximum atomic E-state index is 14.3. The topological polar surface area (TPSA) is 111 Å². The second-order valence-electron chi connectivity index (χ2n) is 7.48. The minimum Gasteiger partial charge on any atom is -0.496 e. The molecule has 0 bridgehead atoms. The first-order valence-corrected chi connectivity index (χ1v) is 10.4. The van der Waals surface area contributed by atoms with Gasteiger partial charge in [0.25, 0.3) is 15.9 Å². The molecule has 0 aliphatic carbocycles. The number of anilines is 1. The van der Waals surface area contributed by atoms with Gasteiger partial charge in [-0.25, -0.2) is 22.0 Å². The van der Waals surface area contributed by atoms with Crippen molar-refractivity contribution in [3.8, 4) is 5.75 Å². The number of benzene rings is 2. The van der Waals surface area contributed by atoms with Gasteiger partial charge in [-0.1, -0.05) is 0 Å². The molecule has 1 amide bonds. The van der Waals surface area contributed by atoms with Gasteiger partial charge in [-0.2, -0.15) is 0 Å². The Bertz CT molecular complexity index is 1130. The number of halogens is 2. The molecule has 0 heterocycles. The highest BCUT2D eigenvalue weighted by atomic mass is 32.2. The molecule has 2 aromatic rings. The van der Waals surface area contributed by atoms with E-state index in [0.29, 0.717) is 12.1 Å². The number of amides is 1. The fourth-order valence-electron chi connectivity index (χ4n) is 2.53. The maximum absolute atomic E-state index is 14.3. The summed E-state index contributed by atoms with van der Waals surface area (Å²) in [5, 5.41) is 2.73. The number of nitrogens with one attached hydrogen (secondary N) is 2. The highest BCUT2D eigenvalue weighted by molar-refractivity contribution is 7.92. The first kappa shape index (κ1) is 24.1. The van der Waals surface area contributed by atoms with Gasteiger partial charge in [0.2, 0.25) is 0 Å². The number of carbonyl (C=O) groups excluding carboxylic acids is 2. The van der Waals surface area contributed by atoms with Crippen LogP contribution in [0, 0.1) is 11.6 Å². The van der Waals surface area contributed by atoms with Crippen molar-refractivity contribution in [2.24, 2.45) is 0 Å². The zero-order valence-electron chi connectivity index (χ0n) is 17.5. The fourth-order valence-corrected chi connectivity index (χ4v) is 3.60. The van der Waals surface area contributed by atoms with E-state index in [1.54, 1.807) is 20.8 Å². The van der Waals surface area contributed by atoms with Crippen LogP contribution in [0.4, 0.5) is 14.5 Å². The first-order chi connectivity index (χ1) is 14.3. The van der Waals surface area contributed by atoms with E-state index in [1.807, 2.05) is 4.72 Å². The largest absolute Gasteiger partial charge is 0.496 e. The average molecular weight is 456 g/mol. The molecule has 0 saturated heterocycles. The van der Waals surface area contributed by atoms with Crippen molar-refractivity contribution in [1.29, 1.82) is 0 Å². The fraction of sp³-hybridized carbons (Fsp3) is 0.300. The molecule has 0 aliphatic heterocycles. The summed E-state index contributed by atoms with van der Waals surface area (Å²) in [5.74, 6) is -3.97. The summed E-state index contributed by atoms with van der Waals surface area (Å²) in [7, 11) is -2.13. The molecule has 31 heavy (non-hydrogen) atoms. The molecule has 2 aromatic carbocycles. The molecule has 0 saturated carbocycles. The third-order valence-electron chi connectivity index (χ3n) is 3.92. The quantitative estimate of drug-likeness (QED) is 0.647. The molecule has 0 unspecified atom stereocenters. The number of sulfonamides is 1. The van der Waals surface area contributed by atoms with E-state index in [1.165, 1.54) is 13.2 Å². The van der Waals surface area contributed by atoms with E-state index < -0.39 is 50.3 Å². The van der Waals surface area contributed by atoms with Crippen molar-refractivity contribution in [2.75, 3.05) is 18.9 Å². The van der Waals surface area contributed by atoms with E-state index in [-0.39, 0.29) is 16.2 Å². The Morgan fingerprint density at radius 1 is 0.968 bits per heavy atom. The van der Waals surface area contributed by atoms with E-state index >= 15 is 0 Å². The molecular weight excluding hydrogens is 434 g/mol. The molecule has 0 aromatic heterocycles. The third-order valence-corrected chi connectivity index (χ3v) is 5.29. The molecule has 2 N–H and O–H groups in total. The first-order valence-electron chi connectivity index (χ1n) is 8.90. The molecule has 0 aliphatic rings. The van der Waals surface area contributed by atoms with Gasteiger partial charge in [0.1, 0.15) is 17.4 Å². The molecule has 168 valence electrons. The summed E-state index contributed by atoms with van der Waals surface area (Å²) in [6.07, 6.45) is 0. The molecule has 8 nitrogen and oxygen atoms in total. The van der Waals surface area contributed by atoms with Gasteiger partial charge in [-0.15, -0.1) is 0 Å². The molecule has 0 atom stereocenters. The summed E-state index contributed by atoms with van der Waals surface area (Å²) >= 11 is 0. The second-order valence-corrected chi connectivity index (χ2v) is 9.16. The predicted molar refractivity (Wildman–Crippen MR) is 109 cm³/mol. The standard InChI is InChI=1S/C20H22F2N2O6S/c1-20(2,3)23-18(25)12-7-6-11(8-17(12)29-4)31(27,28)24-16-10-14(21)13(9-15(16)22)19(26)30-5/h6-10,24H,1-5H3,(H,23,25). The van der Waals surface area contributed by atoms with Crippen LogP contribution in [0.3, 0.4) is 0 Å². The summed E-state index contributed by atoms with van der Waals surface area (Å²) in [5.41, 5.74) is -1.83. The van der Waals surface area contributed by atoms with Gasteiger partial charge in [-0.05, 0) is 39.0 Å². The number of carbonyl (C=O) groups is 2. The highest BCUT2D eigenvalue weighted by Crippen LogP contribution is 2.27. The van der Waals surface area contributed by atoms with Crippen LogP contribution in [0.25, 0.3) is 0 Å². The number of ether oxygens (including phenoxy) is 2. The lowest BCUT2D eigenvalue weighted by Gasteiger charge is -2.21. The Morgan fingerprint density at radius 3 is 2.16 bits per heavy atom. The van der Waals surface area contributed by atoms with Gasteiger partial charge in [0.05, 0.1) is 35.9 Å². The Labute approximate surface area is 178 Å². The predicted octanol–water partition coefficient (Wildman–Crippen LogP) is 3.09. The van der Waals surface area contributed by atoms with E-state index in [4.69, 9.17) is 4.74 Å². The minimum absolute atomic E-state index is 0.0303. The van der Waals surface area contributed by atoms with Crippen LogP contribution in [0.2, 0.25) is 0 Å². The zero-order chi connectivity index (χ0) is 23.6. The summed E-state index contributed by atoms with van der Waals surface area (Å²) in [4.78, 5) is 23.5. The smallest absolute Gasteiger partial charge is 0.340 e. The van der Waals surface area contributed by atoms with Crippen LogP contribution in [-0.4, -0.2) is 40.1 Å². The molecule has 0 fully saturated rings. The maximum Gasteiger partial charge on any atom is 0.340 e. The van der Waals surface area contributed by atoms with Gasteiger partial charge >= 0.3 is 5.97 Å². The Kier molecular flexibility index (Phi) is 6.89. The van der Waals surface area contributed by atoms with Gasteiger partial charge in [-0.3, -0.25) is 9.52 Å². The number of methoxy groups -OCH3 is 2. The van der Waals surface area contributed by atoms with Gasteiger partial charge < -0.3 is 14.8 Å². The lowest BCUT2D eigenvalue weighted by molar-refractivity contribution is 0.0594. The molecular formula is C20H22F2N2O6S. The van der Waals surface area contributed by atoms with Crippen LogP contribution < -0.4 is 14.8 Å². The van der Waals surface area contributed by atoms with Crippen LogP contribution in [0.5, 0.6) is 5.75 Å². The van der Waals surface area contributed by atoms with Crippen molar-refractivity contribution in [1.82, 2.24) is 5.32 Å². The number of hydrogen-bond acceptors (Lipinski definition) is 6. The zero-order valence-corrected chi connectivity index (χ0v) is 18.3.